The maximum atomic E-state index is 12.9. The fourth-order valence-electron chi connectivity index (χ4n) is 5.10. The van der Waals surface area contributed by atoms with Crippen molar-refractivity contribution in [3.05, 3.63) is 75.7 Å². The van der Waals surface area contributed by atoms with E-state index in [9.17, 15) is 9.59 Å². The number of ether oxygens (including phenoxy) is 1. The summed E-state index contributed by atoms with van der Waals surface area (Å²) in [5.74, 6) is 0.374. The molecule has 0 spiro atoms. The normalized spacial score (nSPS) is 11.0. The van der Waals surface area contributed by atoms with Crippen LogP contribution in [0.15, 0.2) is 54.2 Å². The number of para-hydroxylation sites is 1. The Balaban J connectivity index is 1.42. The zero-order valence-electron chi connectivity index (χ0n) is 25.4. The molecule has 0 unspecified atom stereocenters. The largest absolute Gasteiger partial charge is 0.493 e. The van der Waals surface area contributed by atoms with Crippen LogP contribution in [0.5, 0.6) is 5.75 Å². The third-order valence-corrected chi connectivity index (χ3v) is 8.25. The number of Topliss-reactive ketones (excluding diaryl/α,β-unsaturated/α-hetero) is 1. The number of anilines is 1. The van der Waals surface area contributed by atoms with Crippen molar-refractivity contribution in [1.29, 1.82) is 0 Å². The molecule has 5 nitrogen and oxygen atoms in total. The van der Waals surface area contributed by atoms with Crippen LogP contribution in [0.3, 0.4) is 0 Å². The lowest BCUT2D eigenvalue weighted by Gasteiger charge is -2.15. The predicted octanol–water partition coefficient (Wildman–Crippen LogP) is 8.86. The number of aromatic nitrogens is 1. The molecule has 222 valence electrons. The van der Waals surface area contributed by atoms with Crippen LogP contribution in [-0.2, 0) is 17.8 Å². The molecule has 1 amide bonds. The summed E-state index contributed by atoms with van der Waals surface area (Å²) < 4.78 is 8.31. The quantitative estimate of drug-likeness (QED) is 0.0829. The number of rotatable bonds is 20. The molecule has 0 aliphatic heterocycles. The van der Waals surface area contributed by atoms with Gasteiger partial charge in [-0.1, -0.05) is 113 Å². The number of ketones is 1. The van der Waals surface area contributed by atoms with Crippen molar-refractivity contribution < 1.29 is 18.9 Å². The van der Waals surface area contributed by atoms with E-state index in [4.69, 9.17) is 4.74 Å². The van der Waals surface area contributed by atoms with Gasteiger partial charge in [-0.25, -0.2) is 0 Å². The van der Waals surface area contributed by atoms with Gasteiger partial charge in [0.05, 0.1) is 23.5 Å². The third-order valence-electron chi connectivity index (χ3n) is 7.40. The number of thiazole rings is 1. The predicted molar refractivity (Wildman–Crippen MR) is 170 cm³/mol. The van der Waals surface area contributed by atoms with Gasteiger partial charge in [-0.2, -0.15) is 4.57 Å². The first-order valence-corrected chi connectivity index (χ1v) is 16.4. The standard InChI is InChI=1S/C35H48N2O3S/c1-4-5-6-7-8-9-10-11-12-13-14-15-23-40-35-31(17-16-18-33(35)29(3)38)24-34(39)36-32-21-19-30(20-22-32)26-37-25-28(2)41-27-37/h16-22,25,27H,4-15,23-24,26H2,1-3H3/p+1. The Kier molecular flexibility index (Phi) is 14.6. The Morgan fingerprint density at radius 3 is 2.07 bits per heavy atom. The Labute approximate surface area is 251 Å². The fourth-order valence-corrected chi connectivity index (χ4v) is 5.73. The van der Waals surface area contributed by atoms with E-state index in [0.717, 1.165) is 30.6 Å². The molecule has 6 heteroatoms. The molecule has 0 saturated carbocycles. The van der Waals surface area contributed by atoms with Gasteiger partial charge in [0, 0.05) is 16.8 Å². The van der Waals surface area contributed by atoms with E-state index in [1.807, 2.05) is 36.4 Å². The number of benzene rings is 2. The van der Waals surface area contributed by atoms with E-state index in [0.29, 0.717) is 17.9 Å². The summed E-state index contributed by atoms with van der Waals surface area (Å²) in [6.45, 7) is 7.27. The van der Waals surface area contributed by atoms with Crippen LogP contribution in [0.4, 0.5) is 5.69 Å². The maximum Gasteiger partial charge on any atom is 0.228 e. The first kappa shape index (κ1) is 32.5. The van der Waals surface area contributed by atoms with Gasteiger partial charge < -0.3 is 10.1 Å². The Bertz CT molecular complexity index is 1200. The average Bonchev–Trinajstić information content (AvgIpc) is 3.37. The van der Waals surface area contributed by atoms with Crippen molar-refractivity contribution in [1.82, 2.24) is 0 Å². The van der Waals surface area contributed by atoms with Crippen LogP contribution in [0.2, 0.25) is 0 Å². The van der Waals surface area contributed by atoms with Gasteiger partial charge in [-0.15, -0.1) is 0 Å². The van der Waals surface area contributed by atoms with Gasteiger partial charge in [0.2, 0.25) is 11.4 Å². The maximum absolute atomic E-state index is 12.9. The highest BCUT2D eigenvalue weighted by molar-refractivity contribution is 7.09. The van der Waals surface area contributed by atoms with Crippen LogP contribution in [0, 0.1) is 6.92 Å². The first-order valence-electron chi connectivity index (χ1n) is 15.5. The molecule has 1 aromatic heterocycles. The third kappa shape index (κ3) is 12.2. The summed E-state index contributed by atoms with van der Waals surface area (Å²) in [4.78, 5) is 26.5. The lowest BCUT2D eigenvalue weighted by Crippen LogP contribution is -2.30. The minimum absolute atomic E-state index is 0.0498. The second kappa shape index (κ2) is 18.4. The molecule has 0 fully saturated rings. The molecule has 0 atom stereocenters. The molecule has 0 aliphatic carbocycles. The van der Waals surface area contributed by atoms with E-state index in [2.05, 4.69) is 35.4 Å². The molecular weight excluding hydrogens is 528 g/mol. The zero-order valence-corrected chi connectivity index (χ0v) is 26.2. The lowest BCUT2D eigenvalue weighted by atomic mass is 10.0. The number of carbonyl (C=O) groups is 2. The SMILES string of the molecule is CCCCCCCCCCCCCCOc1c(CC(=O)Nc2ccc(C[n+]3csc(C)c3)cc2)cccc1C(C)=O. The van der Waals surface area contributed by atoms with Crippen LogP contribution < -0.4 is 14.6 Å². The van der Waals surface area contributed by atoms with Gasteiger partial charge in [-0.05, 0) is 38.5 Å². The number of nitrogens with zero attached hydrogens (tertiary/aromatic N) is 1. The van der Waals surface area contributed by atoms with E-state index in [1.165, 1.54) is 74.6 Å². The molecule has 1 N–H and O–H groups in total. The fraction of sp³-hybridized carbons (Fsp3) is 0.514. The van der Waals surface area contributed by atoms with Crippen LogP contribution in [0.1, 0.15) is 117 Å². The monoisotopic (exact) mass is 577 g/mol. The summed E-state index contributed by atoms with van der Waals surface area (Å²) in [5.41, 5.74) is 5.33. The number of unbranched alkanes of at least 4 members (excludes halogenated alkanes) is 11. The summed E-state index contributed by atoms with van der Waals surface area (Å²) in [7, 11) is 0. The van der Waals surface area contributed by atoms with Crippen molar-refractivity contribution in [2.24, 2.45) is 0 Å². The Hall–Kier alpha value is -2.99. The smallest absolute Gasteiger partial charge is 0.228 e. The highest BCUT2D eigenvalue weighted by Gasteiger charge is 2.16. The Morgan fingerprint density at radius 1 is 0.854 bits per heavy atom. The van der Waals surface area contributed by atoms with Gasteiger partial charge in [0.15, 0.2) is 18.5 Å². The summed E-state index contributed by atoms with van der Waals surface area (Å²) in [5, 5.41) is 2.99. The minimum Gasteiger partial charge on any atom is -0.493 e. The van der Waals surface area contributed by atoms with Crippen molar-refractivity contribution in [2.75, 3.05) is 11.9 Å². The Morgan fingerprint density at radius 2 is 1.49 bits per heavy atom. The van der Waals surface area contributed by atoms with E-state index >= 15 is 0 Å². The van der Waals surface area contributed by atoms with Crippen LogP contribution in [0.25, 0.3) is 0 Å². The van der Waals surface area contributed by atoms with Gasteiger partial charge in [0.1, 0.15) is 5.75 Å². The molecule has 3 aromatic rings. The molecule has 3 rings (SSSR count). The molecule has 0 saturated heterocycles. The van der Waals surface area contributed by atoms with Gasteiger partial charge in [-0.3, -0.25) is 9.59 Å². The van der Waals surface area contributed by atoms with Gasteiger partial charge in [0.25, 0.3) is 0 Å². The first-order chi connectivity index (χ1) is 20.0. The molecule has 0 aliphatic rings. The van der Waals surface area contributed by atoms with Crippen LogP contribution in [-0.4, -0.2) is 18.3 Å². The summed E-state index contributed by atoms with van der Waals surface area (Å²) in [6.07, 6.45) is 17.7. The highest BCUT2D eigenvalue weighted by Crippen LogP contribution is 2.26. The molecular formula is C35H49N2O3S+. The number of aryl methyl sites for hydroxylation is 1. The molecule has 1 heterocycles. The second-order valence-corrected chi connectivity index (χ2v) is 12.2. The number of carbonyl (C=O) groups excluding carboxylic acids is 2. The molecule has 0 bridgehead atoms. The number of hydrogen-bond donors (Lipinski definition) is 1. The molecule has 0 radical (unpaired) electrons. The summed E-state index contributed by atoms with van der Waals surface area (Å²) >= 11 is 1.73. The van der Waals surface area contributed by atoms with Gasteiger partial charge >= 0.3 is 0 Å². The van der Waals surface area contributed by atoms with Crippen molar-refractivity contribution in [3.8, 4) is 5.75 Å². The lowest BCUT2D eigenvalue weighted by molar-refractivity contribution is -0.683. The minimum atomic E-state index is -0.128. The van der Waals surface area contributed by atoms with E-state index < -0.39 is 0 Å². The summed E-state index contributed by atoms with van der Waals surface area (Å²) in [6, 6.07) is 13.4. The molecule has 2 aromatic carbocycles. The average molecular weight is 578 g/mol. The van der Waals surface area contributed by atoms with E-state index in [1.54, 1.807) is 24.3 Å². The number of hydrogen-bond acceptors (Lipinski definition) is 4. The topological polar surface area (TPSA) is 59.3 Å². The van der Waals surface area contributed by atoms with Crippen molar-refractivity contribution in [3.63, 3.8) is 0 Å². The molecule has 41 heavy (non-hydrogen) atoms. The number of nitrogens with one attached hydrogen (secondary N) is 1. The van der Waals surface area contributed by atoms with Crippen LogP contribution >= 0.6 is 11.3 Å². The van der Waals surface area contributed by atoms with E-state index in [-0.39, 0.29) is 18.1 Å². The highest BCUT2D eigenvalue weighted by atomic mass is 32.1. The number of amides is 1. The van der Waals surface area contributed by atoms with Crippen molar-refractivity contribution >= 4 is 28.7 Å². The zero-order chi connectivity index (χ0) is 29.3. The van der Waals surface area contributed by atoms with Crippen molar-refractivity contribution in [2.45, 2.75) is 111 Å². The second-order valence-electron chi connectivity index (χ2n) is 11.1.